The average molecular weight is 451 g/mol. The first-order valence-corrected chi connectivity index (χ1v) is 10.6. The SMILES string of the molecule is O=C1CSC(c2cccc(Cl)c2Cl)N1c1ccc(Oc2ccc(Cl)cc2)cc1. The summed E-state index contributed by atoms with van der Waals surface area (Å²) in [5, 5.41) is 1.38. The van der Waals surface area contributed by atoms with Gasteiger partial charge in [-0.1, -0.05) is 46.9 Å². The van der Waals surface area contributed by atoms with Crippen molar-refractivity contribution in [3.8, 4) is 11.5 Å². The van der Waals surface area contributed by atoms with E-state index in [4.69, 9.17) is 39.5 Å². The van der Waals surface area contributed by atoms with Gasteiger partial charge in [0.25, 0.3) is 0 Å². The van der Waals surface area contributed by atoms with Crippen LogP contribution in [0.1, 0.15) is 10.9 Å². The van der Waals surface area contributed by atoms with E-state index >= 15 is 0 Å². The quantitative estimate of drug-likeness (QED) is 0.420. The Bertz CT molecular complexity index is 1010. The van der Waals surface area contributed by atoms with Crippen molar-refractivity contribution in [2.45, 2.75) is 5.37 Å². The summed E-state index contributed by atoms with van der Waals surface area (Å²) in [5.74, 6) is 1.77. The number of hydrogen-bond acceptors (Lipinski definition) is 3. The normalized spacial score (nSPS) is 16.5. The van der Waals surface area contributed by atoms with E-state index in [9.17, 15) is 4.79 Å². The van der Waals surface area contributed by atoms with Crippen LogP contribution in [-0.4, -0.2) is 11.7 Å². The maximum Gasteiger partial charge on any atom is 0.238 e. The van der Waals surface area contributed by atoms with Gasteiger partial charge in [0.2, 0.25) is 5.91 Å². The van der Waals surface area contributed by atoms with Gasteiger partial charge in [0, 0.05) is 16.3 Å². The fraction of sp³-hybridized carbons (Fsp3) is 0.0952. The second kappa shape index (κ2) is 8.26. The Morgan fingerprint density at radius 3 is 2.21 bits per heavy atom. The molecule has 3 aromatic carbocycles. The van der Waals surface area contributed by atoms with E-state index in [0.29, 0.717) is 32.3 Å². The first-order valence-electron chi connectivity index (χ1n) is 8.44. The highest BCUT2D eigenvalue weighted by molar-refractivity contribution is 8.00. The van der Waals surface area contributed by atoms with Crippen LogP contribution in [0.4, 0.5) is 5.69 Å². The van der Waals surface area contributed by atoms with Gasteiger partial charge in [-0.05, 0) is 54.6 Å². The Kier molecular flexibility index (Phi) is 5.74. The number of thioether (sulfide) groups is 1. The Morgan fingerprint density at radius 2 is 1.54 bits per heavy atom. The molecule has 0 N–H and O–H groups in total. The van der Waals surface area contributed by atoms with Crippen LogP contribution in [-0.2, 0) is 4.79 Å². The highest BCUT2D eigenvalue weighted by Gasteiger charge is 2.35. The smallest absolute Gasteiger partial charge is 0.238 e. The molecule has 7 heteroatoms. The maximum atomic E-state index is 12.5. The molecule has 0 spiro atoms. The minimum Gasteiger partial charge on any atom is -0.457 e. The molecule has 1 saturated heterocycles. The zero-order valence-electron chi connectivity index (χ0n) is 14.4. The molecule has 0 aliphatic carbocycles. The number of benzene rings is 3. The number of carbonyl (C=O) groups is 1. The van der Waals surface area contributed by atoms with Crippen LogP contribution in [0.2, 0.25) is 15.1 Å². The molecular formula is C21H14Cl3NO2S. The van der Waals surface area contributed by atoms with Crippen LogP contribution in [0.5, 0.6) is 11.5 Å². The van der Waals surface area contributed by atoms with Gasteiger partial charge in [-0.15, -0.1) is 11.8 Å². The minimum absolute atomic E-state index is 0.0254. The first-order chi connectivity index (χ1) is 13.5. The zero-order valence-corrected chi connectivity index (χ0v) is 17.5. The Morgan fingerprint density at radius 1 is 0.893 bits per heavy atom. The van der Waals surface area contributed by atoms with E-state index in [0.717, 1.165) is 11.3 Å². The molecule has 0 saturated carbocycles. The summed E-state index contributed by atoms with van der Waals surface area (Å²) in [6, 6.07) is 20.0. The summed E-state index contributed by atoms with van der Waals surface area (Å²) >= 11 is 20.0. The topological polar surface area (TPSA) is 29.5 Å². The molecule has 1 fully saturated rings. The van der Waals surface area contributed by atoms with Crippen LogP contribution < -0.4 is 9.64 Å². The van der Waals surface area contributed by atoms with Gasteiger partial charge in [-0.3, -0.25) is 9.69 Å². The fourth-order valence-electron chi connectivity index (χ4n) is 2.96. The number of rotatable bonds is 4. The van der Waals surface area contributed by atoms with Crippen molar-refractivity contribution in [2.75, 3.05) is 10.7 Å². The van der Waals surface area contributed by atoms with E-state index in [1.165, 1.54) is 11.8 Å². The van der Waals surface area contributed by atoms with Crippen molar-refractivity contribution < 1.29 is 9.53 Å². The van der Waals surface area contributed by atoms with Gasteiger partial charge in [-0.25, -0.2) is 0 Å². The molecule has 1 heterocycles. The molecule has 3 aromatic rings. The second-order valence-corrected chi connectivity index (χ2v) is 8.41. The van der Waals surface area contributed by atoms with Crippen LogP contribution in [0, 0.1) is 0 Å². The van der Waals surface area contributed by atoms with E-state index < -0.39 is 0 Å². The third-order valence-corrected chi connectivity index (χ3v) is 6.56. The molecule has 0 radical (unpaired) electrons. The Balaban J connectivity index is 1.59. The lowest BCUT2D eigenvalue weighted by Gasteiger charge is -2.25. The summed E-state index contributed by atoms with van der Waals surface area (Å²) in [7, 11) is 0. The van der Waals surface area contributed by atoms with Crippen molar-refractivity contribution in [1.82, 2.24) is 0 Å². The van der Waals surface area contributed by atoms with Crippen LogP contribution in [0.15, 0.2) is 66.7 Å². The summed E-state index contributed by atoms with van der Waals surface area (Å²) in [6.07, 6.45) is 0. The summed E-state index contributed by atoms with van der Waals surface area (Å²) in [6.45, 7) is 0. The number of halogens is 3. The second-order valence-electron chi connectivity index (χ2n) is 6.12. The van der Waals surface area contributed by atoms with Crippen molar-refractivity contribution in [3.63, 3.8) is 0 Å². The summed E-state index contributed by atoms with van der Waals surface area (Å²) in [4.78, 5) is 14.3. The van der Waals surface area contributed by atoms with Gasteiger partial charge in [0.05, 0.1) is 15.8 Å². The highest BCUT2D eigenvalue weighted by atomic mass is 35.5. The zero-order chi connectivity index (χ0) is 19.7. The van der Waals surface area contributed by atoms with Crippen molar-refractivity contribution in [1.29, 1.82) is 0 Å². The number of ether oxygens (including phenoxy) is 1. The molecule has 1 atom stereocenters. The van der Waals surface area contributed by atoms with Gasteiger partial charge in [-0.2, -0.15) is 0 Å². The molecule has 28 heavy (non-hydrogen) atoms. The predicted molar refractivity (Wildman–Crippen MR) is 117 cm³/mol. The fourth-order valence-corrected chi connectivity index (χ4v) is 4.76. The van der Waals surface area contributed by atoms with E-state index in [1.54, 1.807) is 35.2 Å². The molecule has 3 nitrogen and oxygen atoms in total. The lowest BCUT2D eigenvalue weighted by Crippen LogP contribution is -2.27. The lowest BCUT2D eigenvalue weighted by atomic mass is 10.2. The summed E-state index contributed by atoms with van der Waals surface area (Å²) in [5.41, 5.74) is 1.60. The van der Waals surface area contributed by atoms with Crippen molar-refractivity contribution in [2.24, 2.45) is 0 Å². The van der Waals surface area contributed by atoms with Crippen LogP contribution in [0.3, 0.4) is 0 Å². The lowest BCUT2D eigenvalue weighted by molar-refractivity contribution is -0.115. The third kappa shape index (κ3) is 3.96. The minimum atomic E-state index is -0.221. The average Bonchev–Trinajstić information content (AvgIpc) is 3.08. The van der Waals surface area contributed by atoms with Gasteiger partial charge in [0.1, 0.15) is 16.9 Å². The number of carbonyl (C=O) groups excluding carboxylic acids is 1. The van der Waals surface area contributed by atoms with Gasteiger partial charge < -0.3 is 4.74 Å². The van der Waals surface area contributed by atoms with Crippen LogP contribution >= 0.6 is 46.6 Å². The number of hydrogen-bond donors (Lipinski definition) is 0. The molecule has 1 unspecified atom stereocenters. The predicted octanol–water partition coefficient (Wildman–Crippen LogP) is 7.22. The Hall–Kier alpha value is -1.85. The number of amides is 1. The molecule has 1 aliphatic rings. The molecule has 0 bridgehead atoms. The largest absolute Gasteiger partial charge is 0.457 e. The number of anilines is 1. The van der Waals surface area contributed by atoms with Gasteiger partial charge in [0.15, 0.2) is 0 Å². The number of nitrogens with zero attached hydrogens (tertiary/aromatic N) is 1. The van der Waals surface area contributed by atoms with Crippen molar-refractivity contribution >= 4 is 58.2 Å². The van der Waals surface area contributed by atoms with Crippen LogP contribution in [0.25, 0.3) is 0 Å². The molecule has 142 valence electrons. The van der Waals surface area contributed by atoms with E-state index in [2.05, 4.69) is 0 Å². The molecule has 4 rings (SSSR count). The molecule has 1 aliphatic heterocycles. The summed E-state index contributed by atoms with van der Waals surface area (Å²) < 4.78 is 5.82. The molecule has 1 amide bonds. The van der Waals surface area contributed by atoms with E-state index in [-0.39, 0.29) is 11.3 Å². The van der Waals surface area contributed by atoms with E-state index in [1.807, 2.05) is 36.4 Å². The van der Waals surface area contributed by atoms with Gasteiger partial charge >= 0.3 is 0 Å². The highest BCUT2D eigenvalue weighted by Crippen LogP contribution is 2.45. The third-order valence-electron chi connectivity index (χ3n) is 4.28. The maximum absolute atomic E-state index is 12.5. The standard InChI is InChI=1S/C21H14Cl3NO2S/c22-13-4-8-15(9-5-13)27-16-10-6-14(7-11-16)25-19(26)12-28-21(25)17-2-1-3-18(23)20(17)24/h1-11,21H,12H2. The first kappa shape index (κ1) is 19.5. The Labute approximate surface area is 182 Å². The molecular weight excluding hydrogens is 437 g/mol. The molecule has 0 aromatic heterocycles. The van der Waals surface area contributed by atoms with Crippen molar-refractivity contribution in [3.05, 3.63) is 87.4 Å². The monoisotopic (exact) mass is 449 g/mol.